The van der Waals surface area contributed by atoms with Crippen LogP contribution in [0.2, 0.25) is 0 Å². The number of carboxylic acids is 1. The van der Waals surface area contributed by atoms with E-state index in [0.717, 1.165) is 5.56 Å². The first-order valence-corrected chi connectivity index (χ1v) is 9.20. The van der Waals surface area contributed by atoms with Crippen molar-refractivity contribution in [2.45, 2.75) is 51.7 Å². The molecule has 1 aromatic heterocycles. The van der Waals surface area contributed by atoms with E-state index in [1.54, 1.807) is 6.92 Å². The van der Waals surface area contributed by atoms with Crippen molar-refractivity contribution in [2.75, 3.05) is 0 Å². The topological polar surface area (TPSA) is 111 Å². The van der Waals surface area contributed by atoms with Gasteiger partial charge in [-0.15, -0.1) is 0 Å². The second kappa shape index (κ2) is 8.53. The molecule has 150 valence electrons. The Balaban J connectivity index is 1.77. The van der Waals surface area contributed by atoms with Gasteiger partial charge in [-0.2, -0.15) is 0 Å². The summed E-state index contributed by atoms with van der Waals surface area (Å²) in [5, 5.41) is 9.26. The molecule has 28 heavy (non-hydrogen) atoms. The summed E-state index contributed by atoms with van der Waals surface area (Å²) < 4.78 is 13.3. The molecule has 2 heterocycles. The van der Waals surface area contributed by atoms with Crippen LogP contribution in [0.25, 0.3) is 0 Å². The third-order valence-corrected chi connectivity index (χ3v) is 4.99. The molecule has 0 radical (unpaired) electrons. The van der Waals surface area contributed by atoms with Gasteiger partial charge in [0.15, 0.2) is 0 Å². The first kappa shape index (κ1) is 20.0. The lowest BCUT2D eigenvalue weighted by molar-refractivity contribution is -0.140. The number of benzene rings is 1. The highest BCUT2D eigenvalue weighted by Gasteiger charge is 2.41. The summed E-state index contributed by atoms with van der Waals surface area (Å²) in [6.07, 6.45) is 0.207. The number of ether oxygens (including phenoxy) is 2. The molecule has 1 unspecified atom stereocenters. The highest BCUT2D eigenvalue weighted by molar-refractivity contribution is 5.67. The van der Waals surface area contributed by atoms with Crippen molar-refractivity contribution >= 4 is 5.97 Å². The number of aryl methyl sites for hydroxylation is 1. The number of aliphatic carboxylic acids is 1. The summed E-state index contributed by atoms with van der Waals surface area (Å²) in [4.78, 5) is 37.3. The Morgan fingerprint density at radius 1 is 1.36 bits per heavy atom. The SMILES string of the molecule is Cc1cn(C2C[C@H](CC(=O)O)[C@@H]([C@H](C)OCc3ccccc3)O2)c(=O)[nH]c1=O. The van der Waals surface area contributed by atoms with E-state index in [4.69, 9.17) is 9.47 Å². The van der Waals surface area contributed by atoms with E-state index in [1.165, 1.54) is 10.8 Å². The number of hydrogen-bond donors (Lipinski definition) is 2. The zero-order valence-electron chi connectivity index (χ0n) is 15.8. The molecule has 2 N–H and O–H groups in total. The zero-order valence-corrected chi connectivity index (χ0v) is 15.8. The van der Waals surface area contributed by atoms with Crippen LogP contribution in [0.1, 0.15) is 37.1 Å². The number of nitrogens with zero attached hydrogens (tertiary/aromatic N) is 1. The van der Waals surface area contributed by atoms with Crippen LogP contribution < -0.4 is 11.2 Å². The molecule has 3 rings (SSSR count). The van der Waals surface area contributed by atoms with Crippen LogP contribution in [0, 0.1) is 12.8 Å². The van der Waals surface area contributed by atoms with Crippen LogP contribution in [-0.2, 0) is 20.9 Å². The fourth-order valence-corrected chi connectivity index (χ4v) is 3.53. The molecule has 1 aromatic carbocycles. The Labute approximate surface area is 161 Å². The van der Waals surface area contributed by atoms with Gasteiger partial charge < -0.3 is 14.6 Å². The quantitative estimate of drug-likeness (QED) is 0.749. The first-order valence-electron chi connectivity index (χ1n) is 9.20. The fourth-order valence-electron chi connectivity index (χ4n) is 3.53. The molecule has 4 atom stereocenters. The highest BCUT2D eigenvalue weighted by Crippen LogP contribution is 2.37. The summed E-state index contributed by atoms with van der Waals surface area (Å²) in [6, 6.07) is 9.66. The standard InChI is InChI=1S/C20H24N2O6/c1-12-10-22(20(26)21-19(12)25)16-8-15(9-17(23)24)18(28-16)13(2)27-11-14-6-4-3-5-7-14/h3-7,10,13,15-16,18H,8-9,11H2,1-2H3,(H,23,24)(H,21,25,26)/t13-,15+,16?,18+/m0/s1. The van der Waals surface area contributed by atoms with Crippen molar-refractivity contribution in [1.29, 1.82) is 0 Å². The molecule has 8 nitrogen and oxygen atoms in total. The van der Waals surface area contributed by atoms with Crippen molar-refractivity contribution in [3.63, 3.8) is 0 Å². The molecule has 0 bridgehead atoms. The Morgan fingerprint density at radius 2 is 2.07 bits per heavy atom. The maximum Gasteiger partial charge on any atom is 0.330 e. The van der Waals surface area contributed by atoms with Gasteiger partial charge in [-0.3, -0.25) is 19.1 Å². The van der Waals surface area contributed by atoms with Crippen LogP contribution in [0.3, 0.4) is 0 Å². The van der Waals surface area contributed by atoms with Gasteiger partial charge in [0.1, 0.15) is 6.23 Å². The van der Waals surface area contributed by atoms with Crippen LogP contribution in [-0.4, -0.2) is 32.8 Å². The predicted octanol–water partition coefficient (Wildman–Crippen LogP) is 1.83. The van der Waals surface area contributed by atoms with E-state index < -0.39 is 29.6 Å². The van der Waals surface area contributed by atoms with Crippen LogP contribution >= 0.6 is 0 Å². The predicted molar refractivity (Wildman–Crippen MR) is 101 cm³/mol. The molecule has 0 aliphatic carbocycles. The molecule has 1 fully saturated rings. The maximum absolute atomic E-state index is 12.2. The van der Waals surface area contributed by atoms with Gasteiger partial charge in [-0.05, 0) is 25.8 Å². The van der Waals surface area contributed by atoms with Gasteiger partial charge in [0.05, 0.1) is 25.2 Å². The number of aromatic amines is 1. The number of H-pyrrole nitrogens is 1. The van der Waals surface area contributed by atoms with Crippen LogP contribution in [0.4, 0.5) is 0 Å². The number of carbonyl (C=O) groups is 1. The van der Waals surface area contributed by atoms with Crippen LogP contribution in [0.15, 0.2) is 46.1 Å². The molecule has 2 aromatic rings. The van der Waals surface area contributed by atoms with E-state index >= 15 is 0 Å². The average molecular weight is 388 g/mol. The monoisotopic (exact) mass is 388 g/mol. The van der Waals surface area contributed by atoms with Gasteiger partial charge >= 0.3 is 11.7 Å². The van der Waals surface area contributed by atoms with Crippen molar-refractivity contribution in [3.8, 4) is 0 Å². The largest absolute Gasteiger partial charge is 0.481 e. The molecule has 0 saturated carbocycles. The number of nitrogens with one attached hydrogen (secondary N) is 1. The van der Waals surface area contributed by atoms with Crippen molar-refractivity contribution in [1.82, 2.24) is 9.55 Å². The fraction of sp³-hybridized carbons (Fsp3) is 0.450. The molecule has 0 amide bonds. The van der Waals surface area contributed by atoms with E-state index in [9.17, 15) is 19.5 Å². The van der Waals surface area contributed by atoms with Gasteiger partial charge in [0.25, 0.3) is 5.56 Å². The lowest BCUT2D eigenvalue weighted by atomic mass is 9.94. The second-order valence-electron chi connectivity index (χ2n) is 7.13. The van der Waals surface area contributed by atoms with E-state index in [0.29, 0.717) is 18.6 Å². The van der Waals surface area contributed by atoms with Gasteiger partial charge in [-0.25, -0.2) is 4.79 Å². The van der Waals surface area contributed by atoms with Crippen LogP contribution in [0.5, 0.6) is 0 Å². The molecule has 1 aliphatic heterocycles. The molecule has 8 heteroatoms. The Bertz CT molecular complexity index is 936. The zero-order chi connectivity index (χ0) is 20.3. The molecular formula is C20H24N2O6. The minimum Gasteiger partial charge on any atom is -0.481 e. The van der Waals surface area contributed by atoms with Crippen molar-refractivity contribution < 1.29 is 19.4 Å². The van der Waals surface area contributed by atoms with Gasteiger partial charge in [0, 0.05) is 17.7 Å². The van der Waals surface area contributed by atoms with E-state index in [2.05, 4.69) is 4.98 Å². The lowest BCUT2D eigenvalue weighted by Crippen LogP contribution is -2.35. The number of hydrogen-bond acceptors (Lipinski definition) is 5. The Kier molecular flexibility index (Phi) is 6.11. The molecular weight excluding hydrogens is 364 g/mol. The van der Waals surface area contributed by atoms with E-state index in [1.807, 2.05) is 37.3 Å². The second-order valence-corrected chi connectivity index (χ2v) is 7.13. The molecule has 1 aliphatic rings. The molecule has 0 spiro atoms. The minimum absolute atomic E-state index is 0.0860. The lowest BCUT2D eigenvalue weighted by Gasteiger charge is -2.24. The minimum atomic E-state index is -0.931. The first-order chi connectivity index (χ1) is 13.3. The molecule has 1 saturated heterocycles. The normalized spacial score (nSPS) is 22.9. The third-order valence-electron chi connectivity index (χ3n) is 4.99. The van der Waals surface area contributed by atoms with Gasteiger partial charge in [-0.1, -0.05) is 30.3 Å². The summed E-state index contributed by atoms with van der Waals surface area (Å²) in [5.41, 5.74) is 0.367. The van der Waals surface area contributed by atoms with Gasteiger partial charge in [0.2, 0.25) is 0 Å². The average Bonchev–Trinajstić information content (AvgIpc) is 3.06. The maximum atomic E-state index is 12.2. The summed E-state index contributed by atoms with van der Waals surface area (Å²) in [6.45, 7) is 3.82. The number of rotatable bonds is 7. The number of carboxylic acid groups (broad SMARTS) is 1. The summed E-state index contributed by atoms with van der Waals surface area (Å²) >= 11 is 0. The third kappa shape index (κ3) is 4.58. The van der Waals surface area contributed by atoms with Crippen molar-refractivity contribution in [2.24, 2.45) is 5.92 Å². The van der Waals surface area contributed by atoms with E-state index in [-0.39, 0.29) is 18.4 Å². The summed E-state index contributed by atoms with van der Waals surface area (Å²) in [7, 11) is 0. The Morgan fingerprint density at radius 3 is 2.75 bits per heavy atom. The van der Waals surface area contributed by atoms with Crippen molar-refractivity contribution in [3.05, 3.63) is 68.5 Å². The highest BCUT2D eigenvalue weighted by atomic mass is 16.6. The summed E-state index contributed by atoms with van der Waals surface area (Å²) in [5.74, 6) is -1.24. The Hall–Kier alpha value is -2.71. The smallest absolute Gasteiger partial charge is 0.330 e. The number of aromatic nitrogens is 2.